The summed E-state index contributed by atoms with van der Waals surface area (Å²) < 4.78 is 11.6. The van der Waals surface area contributed by atoms with Crippen LogP contribution in [0, 0.1) is 19.3 Å². The topological polar surface area (TPSA) is 56.5 Å². The first-order valence-corrected chi connectivity index (χ1v) is 8.54. The van der Waals surface area contributed by atoms with Crippen molar-refractivity contribution in [3.8, 4) is 17.1 Å². The highest BCUT2D eigenvalue weighted by Gasteiger charge is 2.28. The maximum atomic E-state index is 13.1. The van der Waals surface area contributed by atoms with Gasteiger partial charge in [-0.05, 0) is 57.9 Å². The molecular formula is C22H22O4. The van der Waals surface area contributed by atoms with Gasteiger partial charge in [-0.3, -0.25) is 9.59 Å². The maximum absolute atomic E-state index is 13.1. The molecule has 0 amide bonds. The largest absolute Gasteiger partial charge is 0.452 e. The Balaban J connectivity index is 2.32. The minimum Gasteiger partial charge on any atom is -0.452 e. The standard InChI is InChI=1S/C22H22O4/c1-13-11-16-17(12-14(13)2)25-19(15-9-7-6-8-10-15)20(18(16)23)26-21(24)22(3,4)5/h6-12H,1-5H3. The van der Waals surface area contributed by atoms with E-state index in [1.165, 1.54) is 0 Å². The average molecular weight is 350 g/mol. The molecule has 1 heterocycles. The van der Waals surface area contributed by atoms with Crippen molar-refractivity contribution in [2.75, 3.05) is 0 Å². The van der Waals surface area contributed by atoms with E-state index in [0.717, 1.165) is 11.1 Å². The summed E-state index contributed by atoms with van der Waals surface area (Å²) in [6, 6.07) is 12.8. The second-order valence-electron chi connectivity index (χ2n) is 7.53. The van der Waals surface area contributed by atoms with Crippen LogP contribution in [0.5, 0.6) is 5.75 Å². The monoisotopic (exact) mass is 350 g/mol. The highest BCUT2D eigenvalue weighted by atomic mass is 16.5. The molecule has 3 rings (SSSR count). The summed E-state index contributed by atoms with van der Waals surface area (Å²) >= 11 is 0. The Hall–Kier alpha value is -2.88. The molecule has 0 aliphatic rings. The zero-order valence-electron chi connectivity index (χ0n) is 15.7. The van der Waals surface area contributed by atoms with Crippen LogP contribution in [-0.4, -0.2) is 5.97 Å². The van der Waals surface area contributed by atoms with Crippen LogP contribution >= 0.6 is 0 Å². The molecular weight excluding hydrogens is 328 g/mol. The Morgan fingerprint density at radius 1 is 1.00 bits per heavy atom. The lowest BCUT2D eigenvalue weighted by Crippen LogP contribution is -2.28. The zero-order valence-corrected chi connectivity index (χ0v) is 15.7. The summed E-state index contributed by atoms with van der Waals surface area (Å²) in [7, 11) is 0. The highest BCUT2D eigenvalue weighted by molar-refractivity contribution is 5.86. The van der Waals surface area contributed by atoms with Crippen molar-refractivity contribution in [1.82, 2.24) is 0 Å². The molecule has 1 aromatic heterocycles. The van der Waals surface area contributed by atoms with Crippen molar-refractivity contribution < 1.29 is 13.9 Å². The lowest BCUT2D eigenvalue weighted by atomic mass is 9.97. The molecule has 0 atom stereocenters. The molecule has 134 valence electrons. The molecule has 26 heavy (non-hydrogen) atoms. The lowest BCUT2D eigenvalue weighted by Gasteiger charge is -2.18. The van der Waals surface area contributed by atoms with E-state index < -0.39 is 11.4 Å². The number of fused-ring (bicyclic) bond motifs is 1. The Bertz CT molecular complexity index is 1040. The second kappa shape index (κ2) is 6.45. The van der Waals surface area contributed by atoms with E-state index in [1.54, 1.807) is 26.8 Å². The summed E-state index contributed by atoms with van der Waals surface area (Å²) in [4.78, 5) is 25.5. The molecule has 0 spiro atoms. The fourth-order valence-electron chi connectivity index (χ4n) is 2.55. The van der Waals surface area contributed by atoms with Crippen LogP contribution < -0.4 is 10.2 Å². The molecule has 0 saturated carbocycles. The first-order valence-electron chi connectivity index (χ1n) is 8.54. The van der Waals surface area contributed by atoms with E-state index in [4.69, 9.17) is 9.15 Å². The third-order valence-electron chi connectivity index (χ3n) is 4.31. The molecule has 0 saturated heterocycles. The predicted molar refractivity (Wildman–Crippen MR) is 102 cm³/mol. The summed E-state index contributed by atoms with van der Waals surface area (Å²) in [5.41, 5.74) is 2.09. The molecule has 0 bridgehead atoms. The van der Waals surface area contributed by atoms with Gasteiger partial charge < -0.3 is 9.15 Å². The molecule has 4 heteroatoms. The number of aryl methyl sites for hydroxylation is 2. The van der Waals surface area contributed by atoms with Crippen LogP contribution in [0.4, 0.5) is 0 Å². The molecule has 4 nitrogen and oxygen atoms in total. The molecule has 0 aliphatic heterocycles. The normalized spacial score (nSPS) is 11.6. The van der Waals surface area contributed by atoms with Crippen molar-refractivity contribution in [1.29, 1.82) is 0 Å². The number of carbonyl (C=O) groups is 1. The summed E-state index contributed by atoms with van der Waals surface area (Å²) in [5, 5.41) is 0.407. The van der Waals surface area contributed by atoms with Crippen molar-refractivity contribution in [3.63, 3.8) is 0 Å². The fraction of sp³-hybridized carbons (Fsp3) is 0.273. The lowest BCUT2D eigenvalue weighted by molar-refractivity contribution is -0.143. The SMILES string of the molecule is Cc1cc2oc(-c3ccccc3)c(OC(=O)C(C)(C)C)c(=O)c2cc1C. The number of carbonyl (C=O) groups excluding carboxylic acids is 1. The molecule has 0 N–H and O–H groups in total. The van der Waals surface area contributed by atoms with Crippen LogP contribution in [-0.2, 0) is 4.79 Å². The molecule has 2 aromatic carbocycles. The molecule has 0 fully saturated rings. The summed E-state index contributed by atoms with van der Waals surface area (Å²) in [6.07, 6.45) is 0. The van der Waals surface area contributed by atoms with Crippen LogP contribution in [0.2, 0.25) is 0 Å². The van der Waals surface area contributed by atoms with Gasteiger partial charge in [0.15, 0.2) is 5.76 Å². The number of hydrogen-bond acceptors (Lipinski definition) is 4. The maximum Gasteiger partial charge on any atom is 0.316 e. The van der Waals surface area contributed by atoms with E-state index in [1.807, 2.05) is 50.2 Å². The van der Waals surface area contributed by atoms with E-state index >= 15 is 0 Å². The van der Waals surface area contributed by atoms with Gasteiger partial charge in [-0.1, -0.05) is 30.3 Å². The second-order valence-corrected chi connectivity index (χ2v) is 7.53. The van der Waals surface area contributed by atoms with Crippen molar-refractivity contribution in [2.24, 2.45) is 5.41 Å². The molecule has 0 radical (unpaired) electrons. The van der Waals surface area contributed by atoms with Gasteiger partial charge in [0.25, 0.3) is 0 Å². The van der Waals surface area contributed by atoms with Crippen molar-refractivity contribution >= 4 is 16.9 Å². The molecule has 0 unspecified atom stereocenters. The van der Waals surface area contributed by atoms with Gasteiger partial charge in [-0.25, -0.2) is 0 Å². The third kappa shape index (κ3) is 3.27. The Labute approximate surface area is 152 Å². The van der Waals surface area contributed by atoms with E-state index in [0.29, 0.717) is 16.5 Å². The Morgan fingerprint density at radius 3 is 2.23 bits per heavy atom. The van der Waals surface area contributed by atoms with Crippen molar-refractivity contribution in [2.45, 2.75) is 34.6 Å². The number of ether oxygens (including phenoxy) is 1. The number of esters is 1. The quantitative estimate of drug-likeness (QED) is 0.608. The first kappa shape index (κ1) is 17.9. The van der Waals surface area contributed by atoms with Crippen LogP contribution in [0.25, 0.3) is 22.3 Å². The van der Waals surface area contributed by atoms with Crippen LogP contribution in [0.1, 0.15) is 31.9 Å². The first-order chi connectivity index (χ1) is 12.2. The van der Waals surface area contributed by atoms with Gasteiger partial charge >= 0.3 is 5.97 Å². The number of rotatable bonds is 2. The van der Waals surface area contributed by atoms with Gasteiger partial charge in [-0.2, -0.15) is 0 Å². The Kier molecular flexibility index (Phi) is 4.45. The van der Waals surface area contributed by atoms with Gasteiger partial charge in [0.1, 0.15) is 5.58 Å². The highest BCUT2D eigenvalue weighted by Crippen LogP contribution is 2.32. The van der Waals surface area contributed by atoms with Crippen molar-refractivity contribution in [3.05, 3.63) is 63.8 Å². The van der Waals surface area contributed by atoms with E-state index in [9.17, 15) is 9.59 Å². The van der Waals surface area contributed by atoms with Gasteiger partial charge in [-0.15, -0.1) is 0 Å². The van der Waals surface area contributed by atoms with Crippen LogP contribution in [0.3, 0.4) is 0 Å². The fourth-order valence-corrected chi connectivity index (χ4v) is 2.55. The van der Waals surface area contributed by atoms with E-state index in [-0.39, 0.29) is 16.9 Å². The number of benzene rings is 2. The zero-order chi connectivity index (χ0) is 19.1. The van der Waals surface area contributed by atoms with Crippen LogP contribution in [0.15, 0.2) is 51.7 Å². The van der Waals surface area contributed by atoms with E-state index in [2.05, 4.69) is 0 Å². The Morgan fingerprint density at radius 2 is 1.62 bits per heavy atom. The molecule has 0 aliphatic carbocycles. The average Bonchev–Trinajstić information content (AvgIpc) is 2.59. The molecule has 3 aromatic rings. The summed E-state index contributed by atoms with van der Waals surface area (Å²) in [6.45, 7) is 9.12. The smallest absolute Gasteiger partial charge is 0.316 e. The van der Waals surface area contributed by atoms with Gasteiger partial charge in [0, 0.05) is 5.56 Å². The third-order valence-corrected chi connectivity index (χ3v) is 4.31. The predicted octanol–water partition coefficient (Wildman–Crippen LogP) is 5.03. The minimum atomic E-state index is -0.738. The van der Waals surface area contributed by atoms with Gasteiger partial charge in [0.05, 0.1) is 10.8 Å². The minimum absolute atomic E-state index is 0.0631. The summed E-state index contributed by atoms with van der Waals surface area (Å²) in [5.74, 6) is -0.277. The van der Waals surface area contributed by atoms with Gasteiger partial charge in [0.2, 0.25) is 11.2 Å². The number of hydrogen-bond donors (Lipinski definition) is 0.